The van der Waals surface area contributed by atoms with Crippen molar-refractivity contribution in [1.29, 1.82) is 0 Å². The first kappa shape index (κ1) is 10.4. The molecule has 1 aromatic carbocycles. The number of hydrogen-bond acceptors (Lipinski definition) is 6. The average molecular weight is 239 g/mol. The number of benzene rings is 1. The lowest BCUT2D eigenvalue weighted by Crippen LogP contribution is -1.89. The zero-order chi connectivity index (χ0) is 12.4. The molecule has 6 nitrogen and oxygen atoms in total. The summed E-state index contributed by atoms with van der Waals surface area (Å²) >= 11 is 0. The van der Waals surface area contributed by atoms with Crippen molar-refractivity contribution in [3.8, 4) is 23.1 Å². The molecule has 2 heterocycles. The number of nitrogens with zero attached hydrogens (tertiary/aromatic N) is 4. The molecule has 18 heavy (non-hydrogen) atoms. The van der Waals surface area contributed by atoms with Crippen molar-refractivity contribution in [1.82, 2.24) is 20.1 Å². The van der Waals surface area contributed by atoms with E-state index in [-0.39, 0.29) is 0 Å². The predicted molar refractivity (Wildman–Crippen MR) is 65.2 cm³/mol. The molecular formula is C12H9N5O. The van der Waals surface area contributed by atoms with Crippen LogP contribution < -0.4 is 5.73 Å². The molecular weight excluding hydrogens is 230 g/mol. The Morgan fingerprint density at radius 1 is 1.00 bits per heavy atom. The molecule has 0 unspecified atom stereocenters. The molecule has 0 saturated carbocycles. The van der Waals surface area contributed by atoms with Gasteiger partial charge in [0.2, 0.25) is 11.6 Å². The molecule has 0 spiro atoms. The second kappa shape index (κ2) is 4.25. The number of nitrogen functional groups attached to an aromatic ring is 1. The van der Waals surface area contributed by atoms with E-state index < -0.39 is 0 Å². The summed E-state index contributed by atoms with van der Waals surface area (Å²) in [5.41, 5.74) is 7.11. The second-order valence-electron chi connectivity index (χ2n) is 3.62. The van der Waals surface area contributed by atoms with Crippen molar-refractivity contribution in [2.45, 2.75) is 0 Å². The first-order chi connectivity index (χ1) is 8.83. The van der Waals surface area contributed by atoms with Crippen molar-refractivity contribution in [2.75, 3.05) is 5.73 Å². The van der Waals surface area contributed by atoms with Gasteiger partial charge in [-0.25, -0.2) is 9.97 Å². The highest BCUT2D eigenvalue weighted by atomic mass is 16.5. The van der Waals surface area contributed by atoms with Crippen LogP contribution in [0.5, 0.6) is 0 Å². The number of hydrogen-bond donors (Lipinski definition) is 1. The van der Waals surface area contributed by atoms with Gasteiger partial charge in [0.25, 0.3) is 5.89 Å². The molecule has 0 saturated heterocycles. The molecule has 0 bridgehead atoms. The van der Waals surface area contributed by atoms with E-state index in [0.717, 1.165) is 5.56 Å². The maximum absolute atomic E-state index is 5.70. The third-order valence-electron chi connectivity index (χ3n) is 2.33. The second-order valence-corrected chi connectivity index (χ2v) is 3.62. The van der Waals surface area contributed by atoms with Crippen LogP contribution in [-0.4, -0.2) is 20.1 Å². The average Bonchev–Trinajstić information content (AvgIpc) is 2.89. The van der Waals surface area contributed by atoms with E-state index >= 15 is 0 Å². The molecule has 2 aromatic heterocycles. The quantitative estimate of drug-likeness (QED) is 0.685. The van der Waals surface area contributed by atoms with E-state index in [1.54, 1.807) is 30.6 Å². The number of rotatable bonds is 2. The lowest BCUT2D eigenvalue weighted by Gasteiger charge is -1.95. The Morgan fingerprint density at radius 2 is 1.83 bits per heavy atom. The van der Waals surface area contributed by atoms with E-state index in [4.69, 9.17) is 10.3 Å². The van der Waals surface area contributed by atoms with Gasteiger partial charge in [-0.2, -0.15) is 4.98 Å². The van der Waals surface area contributed by atoms with Crippen LogP contribution in [0.2, 0.25) is 0 Å². The van der Waals surface area contributed by atoms with Gasteiger partial charge in [0.15, 0.2) is 0 Å². The van der Waals surface area contributed by atoms with Crippen molar-refractivity contribution in [3.63, 3.8) is 0 Å². The molecule has 6 heteroatoms. The fourth-order valence-corrected chi connectivity index (χ4v) is 1.52. The molecule has 0 aliphatic carbocycles. The van der Waals surface area contributed by atoms with Crippen LogP contribution in [0, 0.1) is 0 Å². The van der Waals surface area contributed by atoms with Gasteiger partial charge in [-0.15, -0.1) is 0 Å². The number of nitrogens with two attached hydrogens (primary N) is 1. The zero-order valence-corrected chi connectivity index (χ0v) is 9.32. The summed E-state index contributed by atoms with van der Waals surface area (Å²) in [6.45, 7) is 0. The van der Waals surface area contributed by atoms with E-state index in [2.05, 4.69) is 20.1 Å². The summed E-state index contributed by atoms with van der Waals surface area (Å²) in [5, 5.41) is 3.84. The highest BCUT2D eigenvalue weighted by Gasteiger charge is 2.12. The highest BCUT2D eigenvalue weighted by Crippen LogP contribution is 2.21. The highest BCUT2D eigenvalue weighted by molar-refractivity contribution is 5.60. The Labute approximate surface area is 103 Å². The van der Waals surface area contributed by atoms with Crippen molar-refractivity contribution >= 4 is 5.69 Å². The maximum Gasteiger partial charge on any atom is 0.258 e. The lowest BCUT2D eigenvalue weighted by atomic mass is 10.2. The number of aromatic nitrogens is 4. The topological polar surface area (TPSA) is 90.7 Å². The Morgan fingerprint density at radius 3 is 2.61 bits per heavy atom. The van der Waals surface area contributed by atoms with E-state index in [1.165, 1.54) is 0 Å². The third-order valence-corrected chi connectivity index (χ3v) is 2.33. The molecule has 0 aliphatic heterocycles. The minimum absolute atomic E-state index is 0.355. The molecule has 3 rings (SSSR count). The zero-order valence-electron chi connectivity index (χ0n) is 9.32. The Kier molecular flexibility index (Phi) is 2.45. The summed E-state index contributed by atoms with van der Waals surface area (Å²) in [7, 11) is 0. The summed E-state index contributed by atoms with van der Waals surface area (Å²) < 4.78 is 5.16. The monoisotopic (exact) mass is 239 g/mol. The third kappa shape index (κ3) is 1.91. The van der Waals surface area contributed by atoms with Gasteiger partial charge < -0.3 is 10.3 Å². The smallest absolute Gasteiger partial charge is 0.258 e. The minimum Gasteiger partial charge on any atom is -0.399 e. The minimum atomic E-state index is 0.355. The SMILES string of the molecule is Nc1cccc(-c2nc(-c3ncccn3)no2)c1. The fraction of sp³-hybridized carbons (Fsp3) is 0. The molecule has 88 valence electrons. The summed E-state index contributed by atoms with van der Waals surface area (Å²) in [4.78, 5) is 12.3. The van der Waals surface area contributed by atoms with Crippen molar-refractivity contribution < 1.29 is 4.52 Å². The largest absolute Gasteiger partial charge is 0.399 e. The van der Waals surface area contributed by atoms with Gasteiger partial charge in [-0.3, -0.25) is 0 Å². The lowest BCUT2D eigenvalue weighted by molar-refractivity contribution is 0.432. The number of anilines is 1. The Hall–Kier alpha value is -2.76. The van der Waals surface area contributed by atoms with Gasteiger partial charge in [0.1, 0.15) is 0 Å². The first-order valence-corrected chi connectivity index (χ1v) is 5.30. The molecule has 0 radical (unpaired) electrons. The molecule has 0 fully saturated rings. The van der Waals surface area contributed by atoms with E-state index in [9.17, 15) is 0 Å². The van der Waals surface area contributed by atoms with Crippen LogP contribution in [0.25, 0.3) is 23.1 Å². The molecule has 2 N–H and O–H groups in total. The van der Waals surface area contributed by atoms with Gasteiger partial charge in [0.05, 0.1) is 0 Å². The van der Waals surface area contributed by atoms with Crippen LogP contribution in [0.4, 0.5) is 5.69 Å². The van der Waals surface area contributed by atoms with Crippen LogP contribution in [-0.2, 0) is 0 Å². The summed E-state index contributed by atoms with van der Waals surface area (Å²) in [6.07, 6.45) is 3.25. The van der Waals surface area contributed by atoms with E-state index in [0.29, 0.717) is 23.2 Å². The van der Waals surface area contributed by atoms with Crippen LogP contribution >= 0.6 is 0 Å². The van der Waals surface area contributed by atoms with Crippen LogP contribution in [0.15, 0.2) is 47.2 Å². The maximum atomic E-state index is 5.70. The standard InChI is InChI=1S/C12H9N5O/c13-9-4-1-3-8(7-9)12-16-11(17-18-12)10-14-5-2-6-15-10/h1-7H,13H2. The van der Waals surface area contributed by atoms with Crippen LogP contribution in [0.1, 0.15) is 0 Å². The van der Waals surface area contributed by atoms with E-state index in [1.807, 2.05) is 12.1 Å². The van der Waals surface area contributed by atoms with Gasteiger partial charge >= 0.3 is 0 Å². The van der Waals surface area contributed by atoms with Crippen molar-refractivity contribution in [2.24, 2.45) is 0 Å². The normalized spacial score (nSPS) is 10.4. The predicted octanol–water partition coefficient (Wildman–Crippen LogP) is 1.78. The van der Waals surface area contributed by atoms with Gasteiger partial charge in [-0.05, 0) is 24.3 Å². The fourth-order valence-electron chi connectivity index (χ4n) is 1.52. The summed E-state index contributed by atoms with van der Waals surface area (Å²) in [6, 6.07) is 8.96. The van der Waals surface area contributed by atoms with Gasteiger partial charge in [0, 0.05) is 23.6 Å². The molecule has 0 amide bonds. The summed E-state index contributed by atoms with van der Waals surface area (Å²) in [5.74, 6) is 1.18. The first-order valence-electron chi connectivity index (χ1n) is 5.30. The van der Waals surface area contributed by atoms with Crippen molar-refractivity contribution in [3.05, 3.63) is 42.7 Å². The Balaban J connectivity index is 2.00. The molecule has 0 aliphatic rings. The Bertz CT molecular complexity index is 665. The van der Waals surface area contributed by atoms with Crippen LogP contribution in [0.3, 0.4) is 0 Å². The van der Waals surface area contributed by atoms with Gasteiger partial charge in [-0.1, -0.05) is 11.2 Å². The molecule has 0 atom stereocenters. The molecule has 3 aromatic rings.